The summed E-state index contributed by atoms with van der Waals surface area (Å²) in [5.41, 5.74) is 0.527. The average Bonchev–Trinajstić information content (AvgIpc) is 2.74. The van der Waals surface area contributed by atoms with Crippen LogP contribution in [0, 0.1) is 5.82 Å². The fourth-order valence-electron chi connectivity index (χ4n) is 3.14. The molecule has 156 valence electrons. The molecule has 1 saturated heterocycles. The highest BCUT2D eigenvalue weighted by atomic mass is 32.2. The van der Waals surface area contributed by atoms with E-state index in [1.54, 1.807) is 31.4 Å². The monoisotopic (exact) mass is 421 g/mol. The van der Waals surface area contributed by atoms with Crippen molar-refractivity contribution in [3.63, 3.8) is 0 Å². The summed E-state index contributed by atoms with van der Waals surface area (Å²) >= 11 is 0. The summed E-state index contributed by atoms with van der Waals surface area (Å²) in [6, 6.07) is 11.8. The highest BCUT2D eigenvalue weighted by Gasteiger charge is 2.28. The molecule has 1 N–H and O–H groups in total. The summed E-state index contributed by atoms with van der Waals surface area (Å²) in [6.07, 6.45) is 0. The highest BCUT2D eigenvalue weighted by molar-refractivity contribution is 7.89. The van der Waals surface area contributed by atoms with Crippen LogP contribution in [0.5, 0.6) is 5.75 Å². The van der Waals surface area contributed by atoms with Crippen LogP contribution in [0.2, 0.25) is 0 Å². The summed E-state index contributed by atoms with van der Waals surface area (Å²) in [7, 11) is -2.07. The van der Waals surface area contributed by atoms with Gasteiger partial charge in [0.2, 0.25) is 10.0 Å². The van der Waals surface area contributed by atoms with E-state index >= 15 is 0 Å². The molecule has 29 heavy (non-hydrogen) atoms. The Morgan fingerprint density at radius 1 is 1.10 bits per heavy atom. The van der Waals surface area contributed by atoms with Crippen LogP contribution in [0.1, 0.15) is 10.4 Å². The fourth-order valence-corrected chi connectivity index (χ4v) is 4.57. The zero-order valence-corrected chi connectivity index (χ0v) is 17.0. The van der Waals surface area contributed by atoms with Crippen LogP contribution in [0.15, 0.2) is 53.4 Å². The van der Waals surface area contributed by atoms with E-state index in [0.717, 1.165) is 12.1 Å². The van der Waals surface area contributed by atoms with Crippen LogP contribution in [-0.4, -0.2) is 69.9 Å². The van der Waals surface area contributed by atoms with Crippen LogP contribution >= 0.6 is 0 Å². The molecule has 3 rings (SSSR count). The van der Waals surface area contributed by atoms with Crippen molar-refractivity contribution in [2.45, 2.75) is 4.90 Å². The van der Waals surface area contributed by atoms with Gasteiger partial charge in [0.1, 0.15) is 11.6 Å². The van der Waals surface area contributed by atoms with Crippen molar-refractivity contribution in [1.29, 1.82) is 0 Å². The van der Waals surface area contributed by atoms with Crippen LogP contribution in [-0.2, 0) is 10.0 Å². The van der Waals surface area contributed by atoms with E-state index in [4.69, 9.17) is 4.74 Å². The van der Waals surface area contributed by atoms with Crippen molar-refractivity contribution in [2.75, 3.05) is 46.4 Å². The molecule has 0 unspecified atom stereocenters. The molecular formula is C20H24FN3O4S. The number of ether oxygens (including phenoxy) is 1. The van der Waals surface area contributed by atoms with Gasteiger partial charge in [-0.3, -0.25) is 9.69 Å². The van der Waals surface area contributed by atoms with E-state index in [1.807, 2.05) is 0 Å². The Bertz CT molecular complexity index is 942. The molecule has 2 aromatic carbocycles. The average molecular weight is 421 g/mol. The van der Waals surface area contributed by atoms with Gasteiger partial charge in [-0.15, -0.1) is 0 Å². The molecule has 0 bridgehead atoms. The molecular weight excluding hydrogens is 397 g/mol. The Kier molecular flexibility index (Phi) is 6.83. The predicted octanol–water partition coefficient (Wildman–Crippen LogP) is 1.57. The smallest absolute Gasteiger partial charge is 0.251 e. The first-order valence-electron chi connectivity index (χ1n) is 9.30. The highest BCUT2D eigenvalue weighted by Crippen LogP contribution is 2.18. The second kappa shape index (κ2) is 9.34. The molecule has 7 nitrogen and oxygen atoms in total. The first-order valence-corrected chi connectivity index (χ1v) is 10.7. The van der Waals surface area contributed by atoms with Crippen molar-refractivity contribution < 1.29 is 22.3 Å². The Morgan fingerprint density at radius 2 is 1.79 bits per heavy atom. The first kappa shape index (κ1) is 21.2. The normalized spacial score (nSPS) is 15.8. The number of nitrogens with one attached hydrogen (secondary N) is 1. The van der Waals surface area contributed by atoms with Gasteiger partial charge in [-0.25, -0.2) is 12.8 Å². The standard InChI is InChI=1S/C20H24FN3O4S/c1-28-18-4-2-3-16(15-18)20(25)22-9-10-23-11-13-24(14-12-23)29(26,27)19-7-5-17(21)6-8-19/h2-8,15H,9-14H2,1H3,(H,22,25). The molecule has 0 radical (unpaired) electrons. The van der Waals surface area contributed by atoms with Gasteiger partial charge in [0, 0.05) is 44.8 Å². The lowest BCUT2D eigenvalue weighted by Gasteiger charge is -2.33. The number of hydrogen-bond donors (Lipinski definition) is 1. The maximum absolute atomic E-state index is 13.0. The maximum atomic E-state index is 13.0. The van der Waals surface area contributed by atoms with E-state index in [1.165, 1.54) is 16.4 Å². The van der Waals surface area contributed by atoms with Crippen LogP contribution in [0.4, 0.5) is 4.39 Å². The number of halogens is 1. The second-order valence-corrected chi connectivity index (χ2v) is 8.63. The molecule has 1 heterocycles. The number of amides is 1. The van der Waals surface area contributed by atoms with Gasteiger partial charge in [-0.05, 0) is 42.5 Å². The molecule has 0 saturated carbocycles. The molecule has 0 atom stereocenters. The van der Waals surface area contributed by atoms with Crippen molar-refractivity contribution in [3.05, 3.63) is 59.9 Å². The molecule has 9 heteroatoms. The SMILES string of the molecule is COc1cccc(C(=O)NCCN2CCN(S(=O)(=O)c3ccc(F)cc3)CC2)c1. The molecule has 1 aliphatic rings. The van der Waals surface area contributed by atoms with Crippen molar-refractivity contribution in [3.8, 4) is 5.75 Å². The van der Waals surface area contributed by atoms with Crippen LogP contribution in [0.25, 0.3) is 0 Å². The fraction of sp³-hybridized carbons (Fsp3) is 0.350. The van der Waals surface area contributed by atoms with Gasteiger partial charge in [-0.1, -0.05) is 6.07 Å². The summed E-state index contributed by atoms with van der Waals surface area (Å²) in [4.78, 5) is 14.4. The number of carbonyl (C=O) groups excluding carboxylic acids is 1. The summed E-state index contributed by atoms with van der Waals surface area (Å²) in [5.74, 6) is -0.0256. The number of rotatable bonds is 7. The van der Waals surface area contributed by atoms with Gasteiger partial charge in [0.15, 0.2) is 0 Å². The van der Waals surface area contributed by atoms with Crippen molar-refractivity contribution in [1.82, 2.24) is 14.5 Å². The number of piperazine rings is 1. The molecule has 0 aliphatic carbocycles. The molecule has 0 aromatic heterocycles. The maximum Gasteiger partial charge on any atom is 0.251 e. The minimum atomic E-state index is -3.62. The molecule has 0 spiro atoms. The molecule has 2 aromatic rings. The minimum Gasteiger partial charge on any atom is -0.497 e. The number of methoxy groups -OCH3 is 1. The minimum absolute atomic E-state index is 0.0953. The summed E-state index contributed by atoms with van der Waals surface area (Å²) in [6.45, 7) is 2.92. The third-order valence-electron chi connectivity index (χ3n) is 4.83. The Morgan fingerprint density at radius 3 is 2.45 bits per heavy atom. The number of hydrogen-bond acceptors (Lipinski definition) is 5. The van der Waals surface area contributed by atoms with E-state index in [0.29, 0.717) is 50.6 Å². The number of carbonyl (C=O) groups is 1. The molecule has 1 aliphatic heterocycles. The third kappa shape index (κ3) is 5.31. The van der Waals surface area contributed by atoms with Crippen LogP contribution < -0.4 is 10.1 Å². The first-order chi connectivity index (χ1) is 13.9. The largest absolute Gasteiger partial charge is 0.497 e. The molecule has 1 fully saturated rings. The van der Waals surface area contributed by atoms with Crippen molar-refractivity contribution in [2.24, 2.45) is 0 Å². The van der Waals surface area contributed by atoms with Crippen molar-refractivity contribution >= 4 is 15.9 Å². The number of benzene rings is 2. The topological polar surface area (TPSA) is 79.0 Å². The lowest BCUT2D eigenvalue weighted by atomic mass is 10.2. The third-order valence-corrected chi connectivity index (χ3v) is 6.74. The van der Waals surface area contributed by atoms with E-state index < -0.39 is 15.8 Å². The second-order valence-electron chi connectivity index (χ2n) is 6.69. The van der Waals surface area contributed by atoms with E-state index in [-0.39, 0.29) is 10.8 Å². The number of sulfonamides is 1. The van der Waals surface area contributed by atoms with Gasteiger partial charge in [0.25, 0.3) is 5.91 Å². The lowest BCUT2D eigenvalue weighted by Crippen LogP contribution is -2.50. The molecule has 1 amide bonds. The van der Waals surface area contributed by atoms with Gasteiger partial charge >= 0.3 is 0 Å². The van der Waals surface area contributed by atoms with E-state index in [2.05, 4.69) is 10.2 Å². The van der Waals surface area contributed by atoms with Gasteiger partial charge in [0.05, 0.1) is 12.0 Å². The Balaban J connectivity index is 1.46. The van der Waals surface area contributed by atoms with E-state index in [9.17, 15) is 17.6 Å². The predicted molar refractivity (Wildman–Crippen MR) is 107 cm³/mol. The Hall–Kier alpha value is -2.49. The van der Waals surface area contributed by atoms with Gasteiger partial charge < -0.3 is 10.1 Å². The van der Waals surface area contributed by atoms with Gasteiger partial charge in [-0.2, -0.15) is 4.31 Å². The number of nitrogens with zero attached hydrogens (tertiary/aromatic N) is 2. The zero-order chi connectivity index (χ0) is 20.9. The summed E-state index contributed by atoms with van der Waals surface area (Å²) < 4.78 is 44.8. The summed E-state index contributed by atoms with van der Waals surface area (Å²) in [5, 5.41) is 2.87. The Labute approximate surface area is 170 Å². The zero-order valence-electron chi connectivity index (χ0n) is 16.2. The quantitative estimate of drug-likeness (QED) is 0.734. The lowest BCUT2D eigenvalue weighted by molar-refractivity contribution is 0.0944. The van der Waals surface area contributed by atoms with Crippen LogP contribution in [0.3, 0.4) is 0 Å².